The molecule has 310 valence electrons. The molecule has 0 heterocycles. The fourth-order valence-electron chi connectivity index (χ4n) is 6.61. The Labute approximate surface area is 328 Å². The van der Waals surface area contributed by atoms with E-state index in [0.29, 0.717) is 19.3 Å². The minimum atomic E-state index is -1.30. The van der Waals surface area contributed by atoms with Crippen molar-refractivity contribution in [3.63, 3.8) is 0 Å². The van der Waals surface area contributed by atoms with E-state index in [1.54, 1.807) is 0 Å². The molecule has 5 N–H and O–H groups in total. The van der Waals surface area contributed by atoms with Crippen LogP contribution >= 0.6 is 0 Å². The minimum Gasteiger partial charge on any atom is -0.394 e. The first kappa shape index (κ1) is 51.3. The summed E-state index contributed by atoms with van der Waals surface area (Å²) in [7, 11) is 0. The molecular weight excluding hydrogens is 659 g/mol. The zero-order chi connectivity index (χ0) is 38.9. The summed E-state index contributed by atoms with van der Waals surface area (Å²) in [6.45, 7) is 3.96. The van der Waals surface area contributed by atoms with Gasteiger partial charge in [0, 0.05) is 0 Å². The zero-order valence-corrected chi connectivity index (χ0v) is 34.8. The van der Waals surface area contributed by atoms with Crippen molar-refractivity contribution < 1.29 is 25.2 Å². The molecule has 4 atom stereocenters. The molecule has 0 saturated carbocycles. The Balaban J connectivity index is 3.72. The first-order chi connectivity index (χ1) is 26.0. The zero-order valence-electron chi connectivity index (χ0n) is 34.8. The Morgan fingerprint density at radius 3 is 1.21 bits per heavy atom. The fourth-order valence-corrected chi connectivity index (χ4v) is 6.61. The average Bonchev–Trinajstić information content (AvgIpc) is 3.16. The van der Waals surface area contributed by atoms with Crippen LogP contribution in [0.5, 0.6) is 0 Å². The monoisotopic (exact) mass is 746 g/mol. The molecule has 0 rings (SSSR count). The predicted molar refractivity (Wildman–Crippen MR) is 228 cm³/mol. The lowest BCUT2D eigenvalue weighted by atomic mass is 10.0. The van der Waals surface area contributed by atoms with Crippen LogP contribution in [0.25, 0.3) is 0 Å². The van der Waals surface area contributed by atoms with Crippen LogP contribution in [0.1, 0.15) is 213 Å². The van der Waals surface area contributed by atoms with Crippen LogP contribution in [-0.4, -0.2) is 57.3 Å². The van der Waals surface area contributed by atoms with Crippen molar-refractivity contribution >= 4 is 5.91 Å². The van der Waals surface area contributed by atoms with Crippen LogP contribution in [0.4, 0.5) is 0 Å². The molecule has 4 unspecified atom stereocenters. The maximum Gasteiger partial charge on any atom is 0.249 e. The summed E-state index contributed by atoms with van der Waals surface area (Å²) in [5.74, 6) is -0.638. The van der Waals surface area contributed by atoms with Crippen molar-refractivity contribution in [2.75, 3.05) is 6.61 Å². The van der Waals surface area contributed by atoms with Gasteiger partial charge >= 0.3 is 0 Å². The van der Waals surface area contributed by atoms with E-state index in [1.165, 1.54) is 128 Å². The second-order valence-electron chi connectivity index (χ2n) is 15.4. The van der Waals surface area contributed by atoms with E-state index in [4.69, 9.17) is 0 Å². The van der Waals surface area contributed by atoms with Gasteiger partial charge in [-0.05, 0) is 83.5 Å². The number of hydrogen-bond acceptors (Lipinski definition) is 5. The van der Waals surface area contributed by atoms with Crippen LogP contribution in [-0.2, 0) is 4.79 Å². The number of aliphatic hydroxyl groups excluding tert-OH is 4. The van der Waals surface area contributed by atoms with Crippen LogP contribution in [0.2, 0.25) is 0 Å². The van der Waals surface area contributed by atoms with E-state index < -0.39 is 36.9 Å². The molecule has 6 heteroatoms. The molecule has 0 saturated heterocycles. The molecule has 0 aliphatic rings. The Bertz CT molecular complexity index is 884. The summed E-state index contributed by atoms with van der Waals surface area (Å²) in [6.07, 6.45) is 50.5. The molecule has 0 aliphatic carbocycles. The Hall–Kier alpha value is -1.73. The highest BCUT2D eigenvalue weighted by Gasteiger charge is 2.28. The van der Waals surface area contributed by atoms with Gasteiger partial charge in [-0.25, -0.2) is 0 Å². The average molecular weight is 746 g/mol. The smallest absolute Gasteiger partial charge is 0.249 e. The Morgan fingerprint density at radius 1 is 0.453 bits per heavy atom. The molecule has 1 amide bonds. The molecule has 0 aromatic heterocycles. The minimum absolute atomic E-state index is 0.271. The molecule has 0 radical (unpaired) electrons. The van der Waals surface area contributed by atoms with Crippen molar-refractivity contribution in [3.8, 4) is 0 Å². The van der Waals surface area contributed by atoms with E-state index in [1.807, 2.05) is 6.08 Å². The van der Waals surface area contributed by atoms with Gasteiger partial charge in [-0.3, -0.25) is 4.79 Å². The van der Waals surface area contributed by atoms with Gasteiger partial charge in [-0.2, -0.15) is 0 Å². The van der Waals surface area contributed by atoms with Crippen molar-refractivity contribution in [2.45, 2.75) is 237 Å². The standard InChI is InChI=1S/C47H87NO5/c1-3-5-7-9-11-13-14-15-16-17-18-19-20-21-22-23-24-25-26-27-28-29-30-31-32-33-35-36-38-40-44(50)46(52)43(42-49)48-47(53)45(51)41-39-37-34-12-10-8-6-4-2/h25-26,29-30,33-35,37,43-46,49-52H,3-24,27-28,31-32,36,38-42H2,1-2H3,(H,48,53)/b26-25+,30-29+,35-33+,37-34-. The predicted octanol–water partition coefficient (Wildman–Crippen LogP) is 11.9. The lowest BCUT2D eigenvalue weighted by Crippen LogP contribution is -2.53. The van der Waals surface area contributed by atoms with Gasteiger partial charge in [-0.1, -0.05) is 178 Å². The van der Waals surface area contributed by atoms with Gasteiger partial charge in [0.05, 0.1) is 18.8 Å². The molecule has 0 bridgehead atoms. The molecule has 53 heavy (non-hydrogen) atoms. The second kappa shape index (κ2) is 41.4. The molecule has 0 fully saturated rings. The van der Waals surface area contributed by atoms with E-state index >= 15 is 0 Å². The van der Waals surface area contributed by atoms with Gasteiger partial charge in [0.2, 0.25) is 5.91 Å². The van der Waals surface area contributed by atoms with Crippen molar-refractivity contribution in [1.29, 1.82) is 0 Å². The lowest BCUT2D eigenvalue weighted by molar-refractivity contribution is -0.132. The third kappa shape index (κ3) is 35.7. The van der Waals surface area contributed by atoms with Crippen molar-refractivity contribution in [1.82, 2.24) is 5.32 Å². The van der Waals surface area contributed by atoms with Crippen LogP contribution in [0.15, 0.2) is 48.6 Å². The van der Waals surface area contributed by atoms with E-state index in [9.17, 15) is 25.2 Å². The third-order valence-corrected chi connectivity index (χ3v) is 10.2. The highest BCUT2D eigenvalue weighted by atomic mass is 16.3. The number of unbranched alkanes of at least 4 members (excludes halogenated alkanes) is 23. The number of rotatable bonds is 40. The van der Waals surface area contributed by atoms with Crippen LogP contribution in [0, 0.1) is 0 Å². The number of carbonyl (C=O) groups is 1. The van der Waals surface area contributed by atoms with E-state index in [0.717, 1.165) is 44.9 Å². The Morgan fingerprint density at radius 2 is 0.792 bits per heavy atom. The molecule has 0 aliphatic heterocycles. The molecule has 0 aromatic carbocycles. The van der Waals surface area contributed by atoms with E-state index in [-0.39, 0.29) is 6.42 Å². The van der Waals surface area contributed by atoms with Crippen LogP contribution < -0.4 is 5.32 Å². The maximum atomic E-state index is 12.4. The van der Waals surface area contributed by atoms with Gasteiger partial charge in [0.25, 0.3) is 0 Å². The second-order valence-corrected chi connectivity index (χ2v) is 15.4. The number of allylic oxidation sites excluding steroid dienone is 8. The fraction of sp³-hybridized carbons (Fsp3) is 0.809. The van der Waals surface area contributed by atoms with Gasteiger partial charge in [-0.15, -0.1) is 0 Å². The van der Waals surface area contributed by atoms with Crippen molar-refractivity contribution in [2.24, 2.45) is 0 Å². The van der Waals surface area contributed by atoms with Crippen LogP contribution in [0.3, 0.4) is 0 Å². The summed E-state index contributed by atoms with van der Waals surface area (Å²) >= 11 is 0. The van der Waals surface area contributed by atoms with Gasteiger partial charge < -0.3 is 25.7 Å². The number of amides is 1. The first-order valence-electron chi connectivity index (χ1n) is 22.5. The summed E-state index contributed by atoms with van der Waals surface area (Å²) < 4.78 is 0. The quantitative estimate of drug-likeness (QED) is 0.0317. The summed E-state index contributed by atoms with van der Waals surface area (Å²) in [5, 5.41) is 43.3. The number of hydrogen-bond donors (Lipinski definition) is 5. The molecular formula is C47H87NO5. The summed E-state index contributed by atoms with van der Waals surface area (Å²) in [4.78, 5) is 12.4. The SMILES string of the molecule is CCCCCC/C=C\CCC(O)C(=O)NC(CO)C(O)C(O)CCC/C=C/CC/C=C/CC/C=C/CCCCCCCCCCCCCCCCCC. The highest BCUT2D eigenvalue weighted by molar-refractivity contribution is 5.80. The highest BCUT2D eigenvalue weighted by Crippen LogP contribution is 2.15. The largest absolute Gasteiger partial charge is 0.394 e. The molecule has 0 spiro atoms. The number of aliphatic hydroxyl groups is 4. The van der Waals surface area contributed by atoms with E-state index in [2.05, 4.69) is 61.7 Å². The molecule has 0 aromatic rings. The summed E-state index contributed by atoms with van der Waals surface area (Å²) in [6, 6.07) is -1.03. The third-order valence-electron chi connectivity index (χ3n) is 10.2. The number of carbonyl (C=O) groups excluding carboxylic acids is 1. The summed E-state index contributed by atoms with van der Waals surface area (Å²) in [5.41, 5.74) is 0. The first-order valence-corrected chi connectivity index (χ1v) is 22.5. The topological polar surface area (TPSA) is 110 Å². The van der Waals surface area contributed by atoms with Crippen molar-refractivity contribution in [3.05, 3.63) is 48.6 Å². The Kier molecular flexibility index (Phi) is 40.1. The van der Waals surface area contributed by atoms with Gasteiger partial charge in [0.15, 0.2) is 0 Å². The normalized spacial score (nSPS) is 14.6. The number of nitrogens with one attached hydrogen (secondary N) is 1. The lowest BCUT2D eigenvalue weighted by Gasteiger charge is -2.27. The molecule has 6 nitrogen and oxygen atoms in total. The van der Waals surface area contributed by atoms with Gasteiger partial charge in [0.1, 0.15) is 12.2 Å². The maximum absolute atomic E-state index is 12.4.